The Kier molecular flexibility index (Phi) is 4.22. The fraction of sp³-hybridized carbons (Fsp3) is 0.300. The summed E-state index contributed by atoms with van der Waals surface area (Å²) in [6.07, 6.45) is 3.90. The quantitative estimate of drug-likeness (QED) is 0.852. The van der Waals surface area contributed by atoms with E-state index in [4.69, 9.17) is 11.6 Å². The highest BCUT2D eigenvalue weighted by Gasteiger charge is 2.37. The molecule has 1 aliphatic carbocycles. The lowest BCUT2D eigenvalue weighted by Crippen LogP contribution is -2.33. The molecule has 2 amide bonds. The van der Waals surface area contributed by atoms with Crippen LogP contribution in [0.25, 0.3) is 0 Å². The van der Waals surface area contributed by atoms with Gasteiger partial charge in [-0.05, 0) is 67.1 Å². The van der Waals surface area contributed by atoms with E-state index < -0.39 is 5.92 Å². The molecule has 0 saturated carbocycles. The van der Waals surface area contributed by atoms with Gasteiger partial charge in [0.25, 0.3) is 0 Å². The highest BCUT2D eigenvalue weighted by atomic mass is 35.5. The largest absolute Gasteiger partial charge is 0.325 e. The Morgan fingerprint density at radius 3 is 2.80 bits per heavy atom. The van der Waals surface area contributed by atoms with Crippen molar-refractivity contribution < 1.29 is 9.59 Å². The third kappa shape index (κ3) is 3.14. The molecular formula is C20H19ClN2O2. The Bertz CT molecular complexity index is 849. The van der Waals surface area contributed by atoms with Crippen LogP contribution in [0, 0.1) is 5.92 Å². The standard InChI is InChI=1S/C20H19ClN2O2/c21-15-5-2-6-16(12-15)22-19(24)18-9-10-23(20(18)25)17-8-7-13-3-1-4-14(13)11-17/h2,5-8,11-12,18H,1,3-4,9-10H2,(H,22,24). The van der Waals surface area contributed by atoms with Gasteiger partial charge in [-0.2, -0.15) is 0 Å². The van der Waals surface area contributed by atoms with E-state index in [1.165, 1.54) is 17.5 Å². The second-order valence-corrected chi connectivity index (χ2v) is 7.07. The number of amides is 2. The van der Waals surface area contributed by atoms with Crippen molar-refractivity contribution in [3.05, 3.63) is 58.6 Å². The third-order valence-corrected chi connectivity index (χ3v) is 5.24. The molecule has 1 aliphatic heterocycles. The second-order valence-electron chi connectivity index (χ2n) is 6.64. The van der Waals surface area contributed by atoms with Gasteiger partial charge in [-0.15, -0.1) is 0 Å². The highest BCUT2D eigenvalue weighted by molar-refractivity contribution is 6.31. The molecular weight excluding hydrogens is 336 g/mol. The van der Waals surface area contributed by atoms with Gasteiger partial charge in [0.05, 0.1) is 0 Å². The summed E-state index contributed by atoms with van der Waals surface area (Å²) >= 11 is 5.94. The molecule has 1 N–H and O–H groups in total. The van der Waals surface area contributed by atoms with E-state index in [-0.39, 0.29) is 11.8 Å². The van der Waals surface area contributed by atoms with Crippen LogP contribution in [0.4, 0.5) is 11.4 Å². The minimum atomic E-state index is -0.646. The molecule has 1 unspecified atom stereocenters. The van der Waals surface area contributed by atoms with Crippen molar-refractivity contribution in [2.75, 3.05) is 16.8 Å². The minimum Gasteiger partial charge on any atom is -0.325 e. The van der Waals surface area contributed by atoms with Gasteiger partial charge >= 0.3 is 0 Å². The van der Waals surface area contributed by atoms with Gasteiger partial charge in [0, 0.05) is 22.9 Å². The van der Waals surface area contributed by atoms with Crippen LogP contribution in [0.15, 0.2) is 42.5 Å². The predicted molar refractivity (Wildman–Crippen MR) is 99.0 cm³/mol. The van der Waals surface area contributed by atoms with Gasteiger partial charge in [0.15, 0.2) is 0 Å². The van der Waals surface area contributed by atoms with Gasteiger partial charge < -0.3 is 10.2 Å². The molecule has 2 aromatic carbocycles. The summed E-state index contributed by atoms with van der Waals surface area (Å²) in [6.45, 7) is 0.575. The molecule has 4 nitrogen and oxygen atoms in total. The Labute approximate surface area is 151 Å². The molecule has 1 saturated heterocycles. The van der Waals surface area contributed by atoms with Crippen LogP contribution >= 0.6 is 11.6 Å². The van der Waals surface area contributed by atoms with Crippen LogP contribution in [-0.2, 0) is 22.4 Å². The first-order valence-electron chi connectivity index (χ1n) is 8.61. The number of hydrogen-bond acceptors (Lipinski definition) is 2. The lowest BCUT2D eigenvalue weighted by molar-refractivity contribution is -0.129. The minimum absolute atomic E-state index is 0.127. The topological polar surface area (TPSA) is 49.4 Å². The summed E-state index contributed by atoms with van der Waals surface area (Å²) < 4.78 is 0. The van der Waals surface area contributed by atoms with Crippen molar-refractivity contribution in [2.24, 2.45) is 5.92 Å². The maximum absolute atomic E-state index is 12.7. The fourth-order valence-corrected chi connectivity index (χ4v) is 3.89. The van der Waals surface area contributed by atoms with Crippen LogP contribution in [0.3, 0.4) is 0 Å². The van der Waals surface area contributed by atoms with Crippen molar-refractivity contribution in [1.82, 2.24) is 0 Å². The molecule has 1 heterocycles. The molecule has 1 fully saturated rings. The number of halogens is 1. The van der Waals surface area contributed by atoms with E-state index in [1.807, 2.05) is 6.07 Å². The van der Waals surface area contributed by atoms with Crippen LogP contribution in [0.2, 0.25) is 5.02 Å². The summed E-state index contributed by atoms with van der Waals surface area (Å²) in [6, 6.07) is 13.2. The van der Waals surface area contributed by atoms with Crippen molar-refractivity contribution in [3.8, 4) is 0 Å². The first-order chi connectivity index (χ1) is 12.1. The van der Waals surface area contributed by atoms with Gasteiger partial charge in [0.1, 0.15) is 5.92 Å². The number of nitrogens with zero attached hydrogens (tertiary/aromatic N) is 1. The molecule has 0 radical (unpaired) electrons. The summed E-state index contributed by atoms with van der Waals surface area (Å²) in [4.78, 5) is 27.0. The number of hydrogen-bond donors (Lipinski definition) is 1. The molecule has 0 aromatic heterocycles. The zero-order chi connectivity index (χ0) is 17.4. The third-order valence-electron chi connectivity index (χ3n) is 5.01. The van der Waals surface area contributed by atoms with Gasteiger partial charge in [-0.1, -0.05) is 23.7 Å². The average molecular weight is 355 g/mol. The molecule has 2 aromatic rings. The van der Waals surface area contributed by atoms with E-state index in [0.717, 1.165) is 18.5 Å². The molecule has 128 valence electrons. The maximum atomic E-state index is 12.7. The molecule has 0 spiro atoms. The van der Waals surface area contributed by atoms with E-state index in [0.29, 0.717) is 23.7 Å². The summed E-state index contributed by atoms with van der Waals surface area (Å²) in [5.41, 5.74) is 4.23. The number of nitrogens with one attached hydrogen (secondary N) is 1. The van der Waals surface area contributed by atoms with E-state index >= 15 is 0 Å². The Balaban J connectivity index is 1.48. The van der Waals surface area contributed by atoms with Crippen LogP contribution in [-0.4, -0.2) is 18.4 Å². The molecule has 2 aliphatic rings. The highest BCUT2D eigenvalue weighted by Crippen LogP contribution is 2.31. The first-order valence-corrected chi connectivity index (χ1v) is 8.99. The van der Waals surface area contributed by atoms with E-state index in [1.54, 1.807) is 29.2 Å². The van der Waals surface area contributed by atoms with Gasteiger partial charge in [-0.25, -0.2) is 0 Å². The van der Waals surface area contributed by atoms with Crippen molar-refractivity contribution >= 4 is 34.8 Å². The summed E-state index contributed by atoms with van der Waals surface area (Å²) in [5.74, 6) is -1.04. The average Bonchev–Trinajstić information content (AvgIpc) is 3.20. The summed E-state index contributed by atoms with van der Waals surface area (Å²) in [5, 5.41) is 3.35. The Morgan fingerprint density at radius 2 is 1.96 bits per heavy atom. The molecule has 1 atom stereocenters. The van der Waals surface area contributed by atoms with Crippen LogP contribution < -0.4 is 10.2 Å². The molecule has 0 bridgehead atoms. The Hall–Kier alpha value is -2.33. The van der Waals surface area contributed by atoms with Crippen molar-refractivity contribution in [3.63, 3.8) is 0 Å². The SMILES string of the molecule is O=C(Nc1cccc(Cl)c1)C1CCN(c2ccc3c(c2)CCC3)C1=O. The van der Waals surface area contributed by atoms with Crippen molar-refractivity contribution in [2.45, 2.75) is 25.7 Å². The van der Waals surface area contributed by atoms with Gasteiger partial charge in [-0.3, -0.25) is 9.59 Å². The first kappa shape index (κ1) is 16.2. The number of benzene rings is 2. The number of fused-ring (bicyclic) bond motifs is 1. The Morgan fingerprint density at radius 1 is 1.12 bits per heavy atom. The molecule has 4 rings (SSSR count). The number of anilines is 2. The number of carbonyl (C=O) groups excluding carboxylic acids is 2. The van der Waals surface area contributed by atoms with E-state index in [9.17, 15) is 9.59 Å². The molecule has 5 heteroatoms. The second kappa shape index (κ2) is 6.52. The lowest BCUT2D eigenvalue weighted by atomic mass is 10.1. The molecule has 25 heavy (non-hydrogen) atoms. The smallest absolute Gasteiger partial charge is 0.239 e. The zero-order valence-corrected chi connectivity index (χ0v) is 14.6. The number of aryl methyl sites for hydroxylation is 2. The lowest BCUT2D eigenvalue weighted by Gasteiger charge is -2.18. The predicted octanol–water partition coefficient (Wildman–Crippen LogP) is 3.82. The fourth-order valence-electron chi connectivity index (χ4n) is 3.70. The summed E-state index contributed by atoms with van der Waals surface area (Å²) in [7, 11) is 0. The normalized spacial score (nSPS) is 19.2. The van der Waals surface area contributed by atoms with Crippen LogP contribution in [0.5, 0.6) is 0 Å². The monoisotopic (exact) mass is 354 g/mol. The van der Waals surface area contributed by atoms with E-state index in [2.05, 4.69) is 17.4 Å². The number of rotatable bonds is 3. The number of carbonyl (C=O) groups is 2. The maximum Gasteiger partial charge on any atom is 0.239 e. The zero-order valence-electron chi connectivity index (χ0n) is 13.8. The van der Waals surface area contributed by atoms with Crippen LogP contribution in [0.1, 0.15) is 24.0 Å². The van der Waals surface area contributed by atoms with Gasteiger partial charge in [0.2, 0.25) is 11.8 Å². The van der Waals surface area contributed by atoms with Crippen molar-refractivity contribution in [1.29, 1.82) is 0 Å².